The SMILES string of the molecule is BC(Nc1cc(Cl)c2ncc(C#N)c(NC3C4CC5CC(C4)CC3C5)c2c1)(C1=CN(C2CC2)NN1)c1ccc(F)cc1. The normalized spacial score (nSPS) is 29.1. The minimum Gasteiger partial charge on any atom is -0.380 e. The number of hydrogen-bond acceptors (Lipinski definition) is 7. The number of nitriles is 1. The lowest BCUT2D eigenvalue weighted by Crippen LogP contribution is -2.51. The van der Waals surface area contributed by atoms with Gasteiger partial charge in [0.25, 0.3) is 0 Å². The van der Waals surface area contributed by atoms with Crippen molar-refractivity contribution in [3.8, 4) is 6.07 Å². The molecule has 42 heavy (non-hydrogen) atoms. The Morgan fingerprint density at radius 1 is 1.07 bits per heavy atom. The molecule has 6 aliphatic rings. The molecule has 4 bridgehead atoms. The van der Waals surface area contributed by atoms with Crippen LogP contribution in [0.3, 0.4) is 0 Å². The van der Waals surface area contributed by atoms with Gasteiger partial charge < -0.3 is 16.1 Å². The van der Waals surface area contributed by atoms with Crippen LogP contribution in [0.5, 0.6) is 0 Å². The summed E-state index contributed by atoms with van der Waals surface area (Å²) in [6, 6.07) is 13.7. The molecule has 0 saturated heterocycles. The van der Waals surface area contributed by atoms with E-state index in [0.29, 0.717) is 40.0 Å². The first kappa shape index (κ1) is 26.2. The molecule has 1 atom stereocenters. The van der Waals surface area contributed by atoms with E-state index < -0.39 is 5.44 Å². The lowest BCUT2D eigenvalue weighted by atomic mass is 9.54. The fraction of sp³-hybridized carbons (Fsp3) is 0.438. The predicted octanol–water partition coefficient (Wildman–Crippen LogP) is 5.36. The van der Waals surface area contributed by atoms with Gasteiger partial charge in [-0.3, -0.25) is 9.99 Å². The highest BCUT2D eigenvalue weighted by Gasteiger charge is 2.48. The molecule has 5 fully saturated rings. The predicted molar refractivity (Wildman–Crippen MR) is 165 cm³/mol. The number of rotatable bonds is 7. The summed E-state index contributed by atoms with van der Waals surface area (Å²) in [5, 5.41) is 21.2. The Kier molecular flexibility index (Phi) is 6.10. The largest absolute Gasteiger partial charge is 0.380 e. The number of hydrogen-bond donors (Lipinski definition) is 4. The van der Waals surface area contributed by atoms with Crippen LogP contribution in [0.25, 0.3) is 10.9 Å². The Labute approximate surface area is 251 Å². The molecule has 214 valence electrons. The van der Waals surface area contributed by atoms with E-state index >= 15 is 0 Å². The summed E-state index contributed by atoms with van der Waals surface area (Å²) in [4.78, 5) is 4.61. The number of nitrogens with one attached hydrogen (secondary N) is 4. The molecule has 2 aromatic carbocycles. The zero-order valence-corrected chi connectivity index (χ0v) is 24.4. The first-order valence-electron chi connectivity index (χ1n) is 15.2. The van der Waals surface area contributed by atoms with Gasteiger partial charge in [-0.25, -0.2) is 4.39 Å². The van der Waals surface area contributed by atoms with E-state index in [1.807, 2.05) is 18.2 Å². The fourth-order valence-electron chi connectivity index (χ4n) is 8.40. The average Bonchev–Trinajstić information content (AvgIpc) is 3.70. The van der Waals surface area contributed by atoms with Crippen LogP contribution in [0.2, 0.25) is 5.02 Å². The monoisotopic (exact) mass is 581 g/mol. The molecule has 2 heterocycles. The summed E-state index contributed by atoms with van der Waals surface area (Å²) < 4.78 is 14.0. The Morgan fingerprint density at radius 2 is 1.79 bits per heavy atom. The van der Waals surface area contributed by atoms with Crippen molar-refractivity contribution in [3.63, 3.8) is 0 Å². The first-order valence-corrected chi connectivity index (χ1v) is 15.6. The quantitative estimate of drug-likeness (QED) is 0.279. The third-order valence-corrected chi connectivity index (χ3v) is 10.8. The minimum atomic E-state index is -0.739. The lowest BCUT2D eigenvalue weighted by molar-refractivity contribution is 0.00757. The molecular weight excluding hydrogens is 548 g/mol. The number of nitrogens with zero attached hydrogens (tertiary/aromatic N) is 3. The molecule has 1 aliphatic heterocycles. The van der Waals surface area contributed by atoms with Crippen LogP contribution in [-0.4, -0.2) is 29.9 Å². The third kappa shape index (κ3) is 4.39. The Hall–Kier alpha value is -3.48. The van der Waals surface area contributed by atoms with Crippen molar-refractivity contribution in [2.45, 2.75) is 62.5 Å². The van der Waals surface area contributed by atoms with Crippen LogP contribution in [0.15, 0.2) is 54.5 Å². The molecule has 0 amide bonds. The van der Waals surface area contributed by atoms with E-state index in [0.717, 1.165) is 52.7 Å². The van der Waals surface area contributed by atoms with Crippen molar-refractivity contribution in [1.82, 2.24) is 21.0 Å². The smallest absolute Gasteiger partial charge is 0.148 e. The zero-order chi connectivity index (χ0) is 28.6. The average molecular weight is 582 g/mol. The van der Waals surface area contributed by atoms with E-state index in [1.165, 1.54) is 44.2 Å². The van der Waals surface area contributed by atoms with Gasteiger partial charge in [0.2, 0.25) is 0 Å². The summed E-state index contributed by atoms with van der Waals surface area (Å²) in [5.74, 6) is 2.76. The second kappa shape index (κ2) is 9.79. The van der Waals surface area contributed by atoms with Crippen molar-refractivity contribution >= 4 is 41.7 Å². The van der Waals surface area contributed by atoms with Crippen molar-refractivity contribution in [2.75, 3.05) is 10.6 Å². The van der Waals surface area contributed by atoms with Crippen LogP contribution in [-0.2, 0) is 5.44 Å². The van der Waals surface area contributed by atoms with E-state index in [1.54, 1.807) is 6.20 Å². The zero-order valence-electron chi connectivity index (χ0n) is 23.6. The molecule has 1 unspecified atom stereocenters. The minimum absolute atomic E-state index is 0.281. The number of fused-ring (bicyclic) bond motifs is 1. The lowest BCUT2D eigenvalue weighted by Gasteiger charge is -2.54. The van der Waals surface area contributed by atoms with Gasteiger partial charge in [-0.05, 0) is 98.4 Å². The topological polar surface area (TPSA) is 88.0 Å². The molecule has 5 aliphatic carbocycles. The van der Waals surface area contributed by atoms with Crippen LogP contribution in [0.4, 0.5) is 15.8 Å². The van der Waals surface area contributed by atoms with Gasteiger partial charge in [0.05, 0.1) is 32.9 Å². The second-order valence-corrected chi connectivity index (χ2v) is 13.7. The maximum Gasteiger partial charge on any atom is 0.148 e. The van der Waals surface area contributed by atoms with Crippen LogP contribution in [0.1, 0.15) is 56.1 Å². The van der Waals surface area contributed by atoms with Crippen molar-refractivity contribution < 1.29 is 4.39 Å². The Balaban J connectivity index is 1.19. The highest BCUT2D eigenvalue weighted by molar-refractivity contribution is 6.36. The van der Waals surface area contributed by atoms with Gasteiger partial charge in [0.15, 0.2) is 0 Å². The van der Waals surface area contributed by atoms with E-state index in [-0.39, 0.29) is 5.82 Å². The Bertz CT molecular complexity index is 1610. The molecule has 7 nitrogen and oxygen atoms in total. The number of anilines is 2. The molecule has 9 rings (SSSR count). The number of pyridine rings is 1. The third-order valence-electron chi connectivity index (χ3n) is 10.5. The molecule has 0 spiro atoms. The van der Waals surface area contributed by atoms with E-state index in [4.69, 9.17) is 11.6 Å². The fourth-order valence-corrected chi connectivity index (χ4v) is 8.67. The van der Waals surface area contributed by atoms with Gasteiger partial charge in [-0.2, -0.15) is 5.26 Å². The van der Waals surface area contributed by atoms with Crippen molar-refractivity contribution in [3.05, 3.63) is 76.5 Å². The van der Waals surface area contributed by atoms with Gasteiger partial charge in [-0.15, -0.1) is 5.53 Å². The molecule has 5 saturated carbocycles. The summed E-state index contributed by atoms with van der Waals surface area (Å²) in [6.45, 7) is 0. The molecule has 3 aromatic rings. The molecular formula is C32H34BClFN7. The second-order valence-electron chi connectivity index (χ2n) is 13.3. The Morgan fingerprint density at radius 3 is 2.45 bits per heavy atom. The summed E-state index contributed by atoms with van der Waals surface area (Å²) in [7, 11) is 2.08. The maximum absolute atomic E-state index is 14.0. The van der Waals surface area contributed by atoms with Crippen molar-refractivity contribution in [2.24, 2.45) is 23.7 Å². The molecule has 10 heteroatoms. The number of benzene rings is 2. The maximum atomic E-state index is 14.0. The number of hydrazine groups is 2. The van der Waals surface area contributed by atoms with Crippen LogP contribution in [0, 0.1) is 40.8 Å². The summed E-state index contributed by atoms with van der Waals surface area (Å²) in [5.41, 5.74) is 10.5. The number of aromatic nitrogens is 1. The van der Waals surface area contributed by atoms with Gasteiger partial charge in [0, 0.05) is 35.6 Å². The number of halogens is 2. The van der Waals surface area contributed by atoms with Crippen molar-refractivity contribution in [1.29, 1.82) is 5.26 Å². The standard InChI is InChI=1S/C32H34BClFN7/c33-32(22-1-3-23(35)4-2-22,28-16-42(41-40-28)25-5-6-25)39-24-12-26-30(21(14-36)15-37-31(26)27(34)13-24)38-29-19-8-17-7-18(10-19)11-20(29)9-17/h1-4,12-13,15-20,25,29,39-41H,5-11,33H2,(H,37,38). The summed E-state index contributed by atoms with van der Waals surface area (Å²) in [6.07, 6.45) is 12.6. The van der Waals surface area contributed by atoms with E-state index in [2.05, 4.69) is 57.8 Å². The molecule has 1 aromatic heterocycles. The van der Waals surface area contributed by atoms with Gasteiger partial charge in [-0.1, -0.05) is 23.7 Å². The van der Waals surface area contributed by atoms with Gasteiger partial charge >= 0.3 is 0 Å². The molecule has 0 radical (unpaired) electrons. The van der Waals surface area contributed by atoms with E-state index in [9.17, 15) is 9.65 Å². The van der Waals surface area contributed by atoms with Gasteiger partial charge in [0.1, 0.15) is 19.7 Å². The molecule has 4 N–H and O–H groups in total. The highest BCUT2D eigenvalue weighted by Crippen LogP contribution is 2.54. The van der Waals surface area contributed by atoms with Crippen LogP contribution >= 0.6 is 11.6 Å². The first-order chi connectivity index (χ1) is 20.4. The van der Waals surface area contributed by atoms with Crippen LogP contribution < -0.4 is 21.6 Å². The highest BCUT2D eigenvalue weighted by atomic mass is 35.5. The summed E-state index contributed by atoms with van der Waals surface area (Å²) >= 11 is 6.91.